The van der Waals surface area contributed by atoms with E-state index in [1.807, 2.05) is 0 Å². The lowest BCUT2D eigenvalue weighted by atomic mass is 10.1. The summed E-state index contributed by atoms with van der Waals surface area (Å²) >= 11 is 0. The van der Waals surface area contributed by atoms with Crippen molar-refractivity contribution in [2.24, 2.45) is 0 Å². The van der Waals surface area contributed by atoms with E-state index < -0.39 is 0 Å². The molecule has 0 heterocycles. The zero-order valence-electron chi connectivity index (χ0n) is 11.7. The van der Waals surface area contributed by atoms with Gasteiger partial charge >= 0.3 is 0 Å². The number of unbranched alkanes of at least 4 members (excludes halogenated alkanes) is 5. The third-order valence-corrected chi connectivity index (χ3v) is 4.38. The Morgan fingerprint density at radius 2 is 1.41 bits per heavy atom. The van der Waals surface area contributed by atoms with E-state index in [0.29, 0.717) is 0 Å². The molecule has 0 nitrogen and oxygen atoms in total. The summed E-state index contributed by atoms with van der Waals surface area (Å²) in [4.78, 5) is 0. The van der Waals surface area contributed by atoms with Crippen molar-refractivity contribution in [3.8, 4) is 0 Å². The first-order valence-corrected chi connectivity index (χ1v) is 8.25. The van der Waals surface area contributed by atoms with Gasteiger partial charge in [0.25, 0.3) is 0 Å². The molecule has 17 heavy (non-hydrogen) atoms. The van der Waals surface area contributed by atoms with Crippen LogP contribution in [0.3, 0.4) is 0 Å². The van der Waals surface area contributed by atoms with Gasteiger partial charge in [0.1, 0.15) is 0 Å². The standard InChI is InChI=1S/C16H27P/c1-4-5-6-7-8-9-10-17-16-12-14(2)11-15(3)13-16/h11-13,17H,4-10H2,1-3H3. The van der Waals surface area contributed by atoms with Crippen LogP contribution in [0.2, 0.25) is 0 Å². The lowest BCUT2D eigenvalue weighted by molar-refractivity contribution is 0.626. The van der Waals surface area contributed by atoms with E-state index in [4.69, 9.17) is 0 Å². The zero-order valence-corrected chi connectivity index (χ0v) is 12.7. The highest BCUT2D eigenvalue weighted by Gasteiger charge is 1.96. The minimum Gasteiger partial charge on any atom is -0.0904 e. The Kier molecular flexibility index (Phi) is 7.53. The second-order valence-electron chi connectivity index (χ2n) is 5.07. The summed E-state index contributed by atoms with van der Waals surface area (Å²) in [5.41, 5.74) is 2.82. The molecule has 0 bridgehead atoms. The highest BCUT2D eigenvalue weighted by atomic mass is 31.1. The van der Waals surface area contributed by atoms with E-state index in [9.17, 15) is 0 Å². The summed E-state index contributed by atoms with van der Waals surface area (Å²) in [6, 6.07) is 6.96. The van der Waals surface area contributed by atoms with Crippen LogP contribution in [0.4, 0.5) is 0 Å². The number of hydrogen-bond donors (Lipinski definition) is 0. The van der Waals surface area contributed by atoms with E-state index in [2.05, 4.69) is 39.0 Å². The fraction of sp³-hybridized carbons (Fsp3) is 0.625. The molecule has 0 saturated carbocycles. The zero-order chi connectivity index (χ0) is 12.5. The monoisotopic (exact) mass is 250 g/mol. The van der Waals surface area contributed by atoms with Gasteiger partial charge in [-0.2, -0.15) is 0 Å². The van der Waals surface area contributed by atoms with Crippen LogP contribution in [0, 0.1) is 13.8 Å². The van der Waals surface area contributed by atoms with Crippen molar-refractivity contribution in [3.63, 3.8) is 0 Å². The van der Waals surface area contributed by atoms with Gasteiger partial charge < -0.3 is 0 Å². The molecule has 0 aliphatic carbocycles. The SMILES string of the molecule is CCCCCCCCPc1cc(C)cc(C)c1. The molecule has 0 aliphatic rings. The van der Waals surface area contributed by atoms with Crippen LogP contribution in [-0.4, -0.2) is 6.16 Å². The third kappa shape index (κ3) is 6.84. The molecule has 0 aromatic heterocycles. The van der Waals surface area contributed by atoms with E-state index in [1.54, 1.807) is 5.30 Å². The molecule has 0 amide bonds. The molecular formula is C16H27P. The van der Waals surface area contributed by atoms with E-state index in [0.717, 1.165) is 8.58 Å². The normalized spacial score (nSPS) is 11.5. The Labute approximate surface area is 109 Å². The van der Waals surface area contributed by atoms with Crippen molar-refractivity contribution in [3.05, 3.63) is 29.3 Å². The van der Waals surface area contributed by atoms with Gasteiger partial charge in [0.2, 0.25) is 0 Å². The van der Waals surface area contributed by atoms with E-state index in [-0.39, 0.29) is 0 Å². The number of rotatable bonds is 8. The van der Waals surface area contributed by atoms with Crippen molar-refractivity contribution in [2.45, 2.75) is 59.3 Å². The molecule has 1 rings (SSSR count). The Bertz CT molecular complexity index is 297. The van der Waals surface area contributed by atoms with Crippen LogP contribution in [0.25, 0.3) is 0 Å². The molecule has 1 atom stereocenters. The molecule has 0 N–H and O–H groups in total. The van der Waals surface area contributed by atoms with E-state index in [1.165, 1.54) is 55.8 Å². The Morgan fingerprint density at radius 1 is 0.824 bits per heavy atom. The Hall–Kier alpha value is -0.350. The lowest BCUT2D eigenvalue weighted by Gasteiger charge is -2.05. The third-order valence-electron chi connectivity index (χ3n) is 3.08. The quantitative estimate of drug-likeness (QED) is 0.451. The average molecular weight is 250 g/mol. The van der Waals surface area contributed by atoms with Crippen molar-refractivity contribution >= 4 is 13.9 Å². The molecule has 0 aliphatic heterocycles. The molecule has 1 heteroatoms. The average Bonchev–Trinajstić information content (AvgIpc) is 2.26. The van der Waals surface area contributed by atoms with Crippen molar-refractivity contribution in [2.75, 3.05) is 6.16 Å². The first-order chi connectivity index (χ1) is 8.22. The Morgan fingerprint density at radius 3 is 2.06 bits per heavy atom. The molecule has 0 spiro atoms. The van der Waals surface area contributed by atoms with Gasteiger partial charge in [-0.1, -0.05) is 76.9 Å². The maximum absolute atomic E-state index is 2.35. The minimum atomic E-state index is 1.01. The van der Waals surface area contributed by atoms with Crippen LogP contribution < -0.4 is 5.30 Å². The summed E-state index contributed by atoms with van der Waals surface area (Å²) in [5, 5.41) is 1.55. The fourth-order valence-corrected chi connectivity index (χ4v) is 3.59. The summed E-state index contributed by atoms with van der Waals surface area (Å²) < 4.78 is 0. The van der Waals surface area contributed by atoms with Crippen LogP contribution in [0.15, 0.2) is 18.2 Å². The molecule has 0 radical (unpaired) electrons. The summed E-state index contributed by atoms with van der Waals surface area (Å²) in [5.74, 6) is 0. The van der Waals surface area contributed by atoms with Gasteiger partial charge in [-0.3, -0.25) is 0 Å². The highest BCUT2D eigenvalue weighted by Crippen LogP contribution is 2.16. The summed E-state index contributed by atoms with van der Waals surface area (Å²) in [6.07, 6.45) is 9.86. The molecule has 1 aromatic rings. The van der Waals surface area contributed by atoms with Crippen LogP contribution in [0.1, 0.15) is 56.6 Å². The van der Waals surface area contributed by atoms with Gasteiger partial charge in [0.05, 0.1) is 0 Å². The van der Waals surface area contributed by atoms with Gasteiger partial charge in [0.15, 0.2) is 0 Å². The lowest BCUT2D eigenvalue weighted by Crippen LogP contribution is -1.98. The molecule has 0 fully saturated rings. The van der Waals surface area contributed by atoms with Crippen LogP contribution in [0.5, 0.6) is 0 Å². The minimum absolute atomic E-state index is 1.01. The van der Waals surface area contributed by atoms with Gasteiger partial charge in [-0.15, -0.1) is 0 Å². The smallest absolute Gasteiger partial charge is 0.0266 e. The summed E-state index contributed by atoms with van der Waals surface area (Å²) in [7, 11) is 1.01. The number of hydrogen-bond acceptors (Lipinski definition) is 0. The van der Waals surface area contributed by atoms with Crippen molar-refractivity contribution in [1.82, 2.24) is 0 Å². The molecule has 0 saturated heterocycles. The first-order valence-electron chi connectivity index (χ1n) is 7.04. The maximum atomic E-state index is 2.35. The van der Waals surface area contributed by atoms with Gasteiger partial charge in [-0.25, -0.2) is 0 Å². The topological polar surface area (TPSA) is 0 Å². The first kappa shape index (κ1) is 14.7. The molecule has 1 unspecified atom stereocenters. The van der Waals surface area contributed by atoms with Crippen LogP contribution in [-0.2, 0) is 0 Å². The Balaban J connectivity index is 2.13. The molecular weight excluding hydrogens is 223 g/mol. The number of benzene rings is 1. The summed E-state index contributed by atoms with van der Waals surface area (Å²) in [6.45, 7) is 6.68. The van der Waals surface area contributed by atoms with Crippen LogP contribution >= 0.6 is 8.58 Å². The highest BCUT2D eigenvalue weighted by molar-refractivity contribution is 7.47. The fourth-order valence-electron chi connectivity index (χ4n) is 2.21. The second-order valence-corrected chi connectivity index (χ2v) is 6.50. The van der Waals surface area contributed by atoms with Gasteiger partial charge in [-0.05, 0) is 31.7 Å². The predicted octanol–water partition coefficient (Wildman–Crippen LogP) is 4.97. The van der Waals surface area contributed by atoms with Crippen molar-refractivity contribution < 1.29 is 0 Å². The predicted molar refractivity (Wildman–Crippen MR) is 82.1 cm³/mol. The second kappa shape index (κ2) is 8.70. The number of aryl methyl sites for hydroxylation is 2. The van der Waals surface area contributed by atoms with Crippen molar-refractivity contribution in [1.29, 1.82) is 0 Å². The maximum Gasteiger partial charge on any atom is -0.0266 e. The van der Waals surface area contributed by atoms with E-state index >= 15 is 0 Å². The molecule has 96 valence electrons. The van der Waals surface area contributed by atoms with Gasteiger partial charge in [0, 0.05) is 0 Å². The molecule has 1 aromatic carbocycles. The largest absolute Gasteiger partial charge is 0.0904 e.